The molecular formula is C17H12F3N5O3. The Morgan fingerprint density at radius 2 is 1.89 bits per heavy atom. The van der Waals surface area contributed by atoms with Crippen LogP contribution in [0.3, 0.4) is 0 Å². The van der Waals surface area contributed by atoms with Crippen LogP contribution < -0.4 is 10.1 Å². The number of imide groups is 1. The van der Waals surface area contributed by atoms with Crippen molar-refractivity contribution in [3.05, 3.63) is 59.9 Å². The molecule has 2 aromatic carbocycles. The van der Waals surface area contributed by atoms with E-state index < -0.39 is 30.8 Å². The van der Waals surface area contributed by atoms with E-state index in [0.29, 0.717) is 5.56 Å². The molecule has 3 aromatic rings. The van der Waals surface area contributed by atoms with Gasteiger partial charge in [0, 0.05) is 11.1 Å². The lowest BCUT2D eigenvalue weighted by Gasteiger charge is -2.06. The van der Waals surface area contributed by atoms with Gasteiger partial charge in [-0.3, -0.25) is 14.9 Å². The lowest BCUT2D eigenvalue weighted by molar-refractivity contribution is -0.121. The van der Waals surface area contributed by atoms with Gasteiger partial charge in [-0.2, -0.15) is 13.6 Å². The minimum Gasteiger partial charge on any atom is -0.435 e. The van der Waals surface area contributed by atoms with E-state index in [-0.39, 0.29) is 17.1 Å². The molecule has 0 unspecified atom stereocenters. The van der Waals surface area contributed by atoms with Crippen molar-refractivity contribution < 1.29 is 27.5 Å². The van der Waals surface area contributed by atoms with E-state index in [4.69, 9.17) is 0 Å². The van der Waals surface area contributed by atoms with Crippen LogP contribution in [-0.2, 0) is 11.3 Å². The third-order valence-corrected chi connectivity index (χ3v) is 3.42. The monoisotopic (exact) mass is 391 g/mol. The number of rotatable bonds is 6. The van der Waals surface area contributed by atoms with Crippen LogP contribution in [0.15, 0.2) is 48.5 Å². The summed E-state index contributed by atoms with van der Waals surface area (Å²) in [5.41, 5.74) is 0.454. The first kappa shape index (κ1) is 19.0. The average Bonchev–Trinajstić information content (AvgIpc) is 3.10. The van der Waals surface area contributed by atoms with Crippen LogP contribution in [0, 0.1) is 5.82 Å². The largest absolute Gasteiger partial charge is 0.435 e. The summed E-state index contributed by atoms with van der Waals surface area (Å²) < 4.78 is 41.6. The molecule has 0 aliphatic rings. The molecule has 0 fully saturated rings. The Bertz CT molecular complexity index is 992. The molecular weight excluding hydrogens is 379 g/mol. The van der Waals surface area contributed by atoms with E-state index in [9.17, 15) is 22.8 Å². The highest BCUT2D eigenvalue weighted by Crippen LogP contribution is 2.15. The molecule has 0 atom stereocenters. The van der Waals surface area contributed by atoms with Gasteiger partial charge in [0.15, 0.2) is 0 Å². The zero-order valence-electron chi connectivity index (χ0n) is 14.1. The first-order valence-corrected chi connectivity index (χ1v) is 7.83. The van der Waals surface area contributed by atoms with Gasteiger partial charge in [0.25, 0.3) is 5.91 Å². The van der Waals surface area contributed by atoms with E-state index in [0.717, 1.165) is 4.80 Å². The van der Waals surface area contributed by atoms with Crippen molar-refractivity contribution in [2.75, 3.05) is 0 Å². The quantitative estimate of drug-likeness (QED) is 0.690. The SMILES string of the molecule is O=C(Cn1nnc(-c2cccc(F)c2)n1)NC(=O)c1ccc(OC(F)F)cc1. The summed E-state index contributed by atoms with van der Waals surface area (Å²) in [6, 6.07) is 10.4. The molecule has 0 saturated heterocycles. The summed E-state index contributed by atoms with van der Waals surface area (Å²) in [6.45, 7) is -3.38. The lowest BCUT2D eigenvalue weighted by Crippen LogP contribution is -2.33. The van der Waals surface area contributed by atoms with Gasteiger partial charge < -0.3 is 4.74 Å². The highest BCUT2D eigenvalue weighted by Gasteiger charge is 2.14. The van der Waals surface area contributed by atoms with Crippen LogP contribution in [0.5, 0.6) is 5.75 Å². The predicted octanol–water partition coefficient (Wildman–Crippen LogP) is 2.04. The van der Waals surface area contributed by atoms with E-state index in [1.807, 2.05) is 0 Å². The third kappa shape index (κ3) is 4.90. The molecule has 8 nitrogen and oxygen atoms in total. The second kappa shape index (κ2) is 8.29. The molecule has 2 amide bonds. The summed E-state index contributed by atoms with van der Waals surface area (Å²) in [4.78, 5) is 24.9. The highest BCUT2D eigenvalue weighted by molar-refractivity contribution is 6.04. The topological polar surface area (TPSA) is 99.0 Å². The summed E-state index contributed by atoms with van der Waals surface area (Å²) in [6.07, 6.45) is 0. The maximum absolute atomic E-state index is 13.2. The number of carbonyl (C=O) groups excluding carboxylic acids is 2. The smallest absolute Gasteiger partial charge is 0.387 e. The minimum atomic E-state index is -2.98. The number of hydrogen-bond acceptors (Lipinski definition) is 6. The van der Waals surface area contributed by atoms with Gasteiger partial charge in [-0.1, -0.05) is 12.1 Å². The molecule has 0 spiro atoms. The highest BCUT2D eigenvalue weighted by atomic mass is 19.3. The predicted molar refractivity (Wildman–Crippen MR) is 88.8 cm³/mol. The Labute approximate surface area is 155 Å². The number of tetrazole rings is 1. The van der Waals surface area contributed by atoms with Crippen LogP contribution in [0.1, 0.15) is 10.4 Å². The summed E-state index contributed by atoms with van der Waals surface area (Å²) in [7, 11) is 0. The molecule has 0 aliphatic heterocycles. The molecule has 1 N–H and O–H groups in total. The number of hydrogen-bond donors (Lipinski definition) is 1. The first-order valence-electron chi connectivity index (χ1n) is 7.83. The van der Waals surface area contributed by atoms with Crippen molar-refractivity contribution in [2.45, 2.75) is 13.2 Å². The lowest BCUT2D eigenvalue weighted by atomic mass is 10.2. The molecule has 0 bridgehead atoms. The molecule has 1 heterocycles. The summed E-state index contributed by atoms with van der Waals surface area (Å²) >= 11 is 0. The van der Waals surface area contributed by atoms with Crippen LogP contribution in [-0.4, -0.2) is 38.6 Å². The molecule has 3 rings (SSSR count). The zero-order chi connectivity index (χ0) is 20.1. The summed E-state index contributed by atoms with van der Waals surface area (Å²) in [5.74, 6) is -1.93. The van der Waals surface area contributed by atoms with E-state index in [1.54, 1.807) is 6.07 Å². The van der Waals surface area contributed by atoms with E-state index in [1.165, 1.54) is 42.5 Å². The third-order valence-electron chi connectivity index (χ3n) is 3.42. The van der Waals surface area contributed by atoms with Crippen molar-refractivity contribution in [3.8, 4) is 17.1 Å². The number of ether oxygens (including phenoxy) is 1. The van der Waals surface area contributed by atoms with Gasteiger partial charge in [0.1, 0.15) is 18.1 Å². The zero-order valence-corrected chi connectivity index (χ0v) is 14.1. The normalized spacial score (nSPS) is 10.7. The van der Waals surface area contributed by atoms with Gasteiger partial charge in [0.05, 0.1) is 0 Å². The number of halogens is 3. The maximum Gasteiger partial charge on any atom is 0.387 e. The number of benzene rings is 2. The second-order valence-electron chi connectivity index (χ2n) is 5.43. The standard InChI is InChI=1S/C17H12F3N5O3/c18-12-3-1-2-11(8-12)15-22-24-25(23-15)9-14(26)21-16(27)10-4-6-13(7-5-10)28-17(19)20/h1-8,17H,9H2,(H,21,26,27). The Morgan fingerprint density at radius 3 is 2.57 bits per heavy atom. The molecule has 28 heavy (non-hydrogen) atoms. The van der Waals surface area contributed by atoms with Crippen molar-refractivity contribution in [3.63, 3.8) is 0 Å². The number of nitrogens with one attached hydrogen (secondary N) is 1. The Kier molecular flexibility index (Phi) is 5.63. The first-order chi connectivity index (χ1) is 13.4. The number of amides is 2. The fourth-order valence-corrected chi connectivity index (χ4v) is 2.21. The number of carbonyl (C=O) groups is 2. The van der Waals surface area contributed by atoms with Gasteiger partial charge >= 0.3 is 6.61 Å². The minimum absolute atomic E-state index is 0.0713. The van der Waals surface area contributed by atoms with Crippen molar-refractivity contribution in [1.29, 1.82) is 0 Å². The number of nitrogens with zero attached hydrogens (tertiary/aromatic N) is 4. The number of aromatic nitrogens is 4. The van der Waals surface area contributed by atoms with E-state index >= 15 is 0 Å². The fourth-order valence-electron chi connectivity index (χ4n) is 2.21. The summed E-state index contributed by atoms with van der Waals surface area (Å²) in [5, 5.41) is 13.5. The molecule has 0 saturated carbocycles. The van der Waals surface area contributed by atoms with Crippen molar-refractivity contribution in [1.82, 2.24) is 25.5 Å². The molecule has 144 valence electrons. The van der Waals surface area contributed by atoms with Gasteiger partial charge in [-0.15, -0.1) is 10.2 Å². The molecule has 0 radical (unpaired) electrons. The fraction of sp³-hybridized carbons (Fsp3) is 0.118. The average molecular weight is 391 g/mol. The Hall–Kier alpha value is -3.76. The van der Waals surface area contributed by atoms with Crippen LogP contribution in [0.25, 0.3) is 11.4 Å². The Balaban J connectivity index is 1.59. The van der Waals surface area contributed by atoms with Crippen molar-refractivity contribution >= 4 is 11.8 Å². The van der Waals surface area contributed by atoms with Crippen LogP contribution in [0.4, 0.5) is 13.2 Å². The number of alkyl halides is 2. The molecule has 11 heteroatoms. The molecule has 0 aliphatic carbocycles. The Morgan fingerprint density at radius 1 is 1.14 bits per heavy atom. The van der Waals surface area contributed by atoms with Crippen LogP contribution in [0.2, 0.25) is 0 Å². The van der Waals surface area contributed by atoms with E-state index in [2.05, 4.69) is 25.5 Å². The van der Waals surface area contributed by atoms with Gasteiger partial charge in [0.2, 0.25) is 11.7 Å². The van der Waals surface area contributed by atoms with Gasteiger partial charge in [-0.25, -0.2) is 4.39 Å². The molecule has 1 aromatic heterocycles. The second-order valence-corrected chi connectivity index (χ2v) is 5.43. The van der Waals surface area contributed by atoms with Crippen molar-refractivity contribution in [2.24, 2.45) is 0 Å². The van der Waals surface area contributed by atoms with Gasteiger partial charge in [-0.05, 0) is 41.6 Å². The maximum atomic E-state index is 13.2. The van der Waals surface area contributed by atoms with Crippen LogP contribution >= 0.6 is 0 Å².